The molecule has 1 aromatic carbocycles. The summed E-state index contributed by atoms with van der Waals surface area (Å²) in [6.07, 6.45) is 0.259. The van der Waals surface area contributed by atoms with Gasteiger partial charge in [-0.15, -0.1) is 0 Å². The van der Waals surface area contributed by atoms with Crippen LogP contribution in [0, 0.1) is 11.3 Å². The zero-order valence-corrected chi connectivity index (χ0v) is 11.2. The number of hydrogen-bond acceptors (Lipinski definition) is 4. The van der Waals surface area contributed by atoms with Gasteiger partial charge in [-0.2, -0.15) is 5.26 Å². The van der Waals surface area contributed by atoms with E-state index in [2.05, 4.69) is 4.72 Å². The van der Waals surface area contributed by atoms with E-state index >= 15 is 0 Å². The molecule has 0 amide bonds. The Morgan fingerprint density at radius 3 is 2.67 bits per heavy atom. The summed E-state index contributed by atoms with van der Waals surface area (Å²) in [7, 11) is -3.63. The van der Waals surface area contributed by atoms with Crippen molar-refractivity contribution in [2.24, 2.45) is 0 Å². The Kier molecular flexibility index (Phi) is 4.70. The predicted molar refractivity (Wildman–Crippen MR) is 71.0 cm³/mol. The minimum absolute atomic E-state index is 0.259. The van der Waals surface area contributed by atoms with E-state index in [9.17, 15) is 8.42 Å². The lowest BCUT2D eigenvalue weighted by atomic mass is 10.1. The summed E-state index contributed by atoms with van der Waals surface area (Å²) in [6, 6.07) is 8.36. The van der Waals surface area contributed by atoms with Gasteiger partial charge in [0.15, 0.2) is 5.25 Å². The quantitative estimate of drug-likeness (QED) is 0.791. The number of benzene rings is 1. The summed E-state index contributed by atoms with van der Waals surface area (Å²) >= 11 is 0. The summed E-state index contributed by atoms with van der Waals surface area (Å²) in [5.41, 5.74) is 6.99. The number of hydrogen-bond donors (Lipinski definition) is 2. The Hall–Kier alpha value is -1.58. The molecule has 98 valence electrons. The number of nitrogen functional groups attached to an aromatic ring is 1. The van der Waals surface area contributed by atoms with Gasteiger partial charge in [-0.05, 0) is 31.0 Å². The molecule has 0 radical (unpaired) electrons. The zero-order chi connectivity index (χ0) is 13.8. The molecule has 1 aromatic rings. The van der Waals surface area contributed by atoms with Crippen molar-refractivity contribution in [2.75, 3.05) is 5.73 Å². The van der Waals surface area contributed by atoms with E-state index in [1.165, 1.54) is 0 Å². The molecule has 5 nitrogen and oxygen atoms in total. The minimum atomic E-state index is -3.63. The van der Waals surface area contributed by atoms with Crippen LogP contribution in [0.2, 0.25) is 0 Å². The van der Waals surface area contributed by atoms with Crippen molar-refractivity contribution < 1.29 is 8.42 Å². The third-order valence-corrected chi connectivity index (χ3v) is 4.51. The molecule has 0 saturated heterocycles. The molecule has 0 fully saturated rings. The average Bonchev–Trinajstić information content (AvgIpc) is 2.29. The van der Waals surface area contributed by atoms with Crippen LogP contribution in [0.15, 0.2) is 24.3 Å². The first-order chi connectivity index (χ1) is 8.40. The molecular weight excluding hydrogens is 250 g/mol. The van der Waals surface area contributed by atoms with Gasteiger partial charge in [-0.1, -0.05) is 19.1 Å². The predicted octanol–water partition coefficient (Wildman–Crippen LogP) is 1.55. The number of nitriles is 1. The van der Waals surface area contributed by atoms with Crippen molar-refractivity contribution in [2.45, 2.75) is 31.6 Å². The highest BCUT2D eigenvalue weighted by Gasteiger charge is 2.25. The van der Waals surface area contributed by atoms with Gasteiger partial charge in [0.2, 0.25) is 10.0 Å². The van der Waals surface area contributed by atoms with Gasteiger partial charge in [-0.25, -0.2) is 13.1 Å². The maximum Gasteiger partial charge on any atom is 0.228 e. The van der Waals surface area contributed by atoms with Crippen LogP contribution < -0.4 is 10.5 Å². The number of nitrogens with zero attached hydrogens (tertiary/aromatic N) is 1. The van der Waals surface area contributed by atoms with Gasteiger partial charge in [-0.3, -0.25) is 0 Å². The highest BCUT2D eigenvalue weighted by atomic mass is 32.2. The van der Waals surface area contributed by atoms with E-state index in [1.54, 1.807) is 44.2 Å². The Morgan fingerprint density at radius 1 is 1.50 bits per heavy atom. The highest BCUT2D eigenvalue weighted by Crippen LogP contribution is 2.17. The second kappa shape index (κ2) is 5.85. The Balaban J connectivity index is 2.89. The van der Waals surface area contributed by atoms with E-state index in [-0.39, 0.29) is 6.42 Å². The van der Waals surface area contributed by atoms with Crippen LogP contribution in [-0.4, -0.2) is 13.7 Å². The molecule has 0 spiro atoms. The van der Waals surface area contributed by atoms with E-state index in [4.69, 9.17) is 11.0 Å². The van der Waals surface area contributed by atoms with Crippen LogP contribution in [0.25, 0.3) is 0 Å². The van der Waals surface area contributed by atoms with Gasteiger partial charge in [0.1, 0.15) is 0 Å². The Labute approximate surface area is 108 Å². The third-order valence-electron chi connectivity index (χ3n) is 2.64. The lowest BCUT2D eigenvalue weighted by molar-refractivity contribution is 0.558. The first-order valence-electron chi connectivity index (χ1n) is 5.67. The number of rotatable bonds is 5. The average molecular weight is 267 g/mol. The number of anilines is 1. The van der Waals surface area contributed by atoms with Crippen LogP contribution in [-0.2, 0) is 10.0 Å². The van der Waals surface area contributed by atoms with Crippen molar-refractivity contribution in [1.82, 2.24) is 4.72 Å². The summed E-state index contributed by atoms with van der Waals surface area (Å²) in [6.45, 7) is 3.38. The van der Waals surface area contributed by atoms with Gasteiger partial charge in [0.05, 0.1) is 6.07 Å². The number of nitrogens with one attached hydrogen (secondary N) is 1. The molecule has 0 heterocycles. The second-order valence-electron chi connectivity index (χ2n) is 4.08. The highest BCUT2D eigenvalue weighted by molar-refractivity contribution is 7.90. The first-order valence-corrected chi connectivity index (χ1v) is 7.21. The zero-order valence-electron chi connectivity index (χ0n) is 10.4. The smallest absolute Gasteiger partial charge is 0.228 e. The number of nitrogens with two attached hydrogens (primary N) is 1. The molecule has 2 atom stereocenters. The topological polar surface area (TPSA) is 96.0 Å². The molecule has 0 saturated carbocycles. The van der Waals surface area contributed by atoms with Gasteiger partial charge >= 0.3 is 0 Å². The number of sulfonamides is 1. The standard InChI is InChI=1S/C12H17N3O2S/c1-3-12(8-13)18(16,17)15-9(2)10-5-4-6-11(14)7-10/h4-7,9,12,15H,3,14H2,1-2H3. The molecule has 1 rings (SSSR count). The Bertz CT molecular complexity index is 549. The lowest BCUT2D eigenvalue weighted by Crippen LogP contribution is -2.34. The fourth-order valence-corrected chi connectivity index (χ4v) is 2.98. The maximum atomic E-state index is 11.9. The second-order valence-corrected chi connectivity index (χ2v) is 5.98. The van der Waals surface area contributed by atoms with Gasteiger partial charge < -0.3 is 5.73 Å². The molecule has 0 aliphatic heterocycles. The first kappa shape index (κ1) is 14.5. The molecule has 0 aromatic heterocycles. The fraction of sp³-hybridized carbons (Fsp3) is 0.417. The van der Waals surface area contributed by atoms with E-state index in [0.29, 0.717) is 5.69 Å². The molecule has 3 N–H and O–H groups in total. The van der Waals surface area contributed by atoms with Crippen molar-refractivity contribution in [3.63, 3.8) is 0 Å². The van der Waals surface area contributed by atoms with Crippen LogP contribution in [0.3, 0.4) is 0 Å². The molecule has 2 unspecified atom stereocenters. The molecule has 0 bridgehead atoms. The fourth-order valence-electron chi connectivity index (χ4n) is 1.61. The monoisotopic (exact) mass is 267 g/mol. The van der Waals surface area contributed by atoms with E-state index < -0.39 is 21.3 Å². The SMILES string of the molecule is CCC(C#N)S(=O)(=O)NC(C)c1cccc(N)c1. The summed E-state index contributed by atoms with van der Waals surface area (Å²) in [5.74, 6) is 0. The summed E-state index contributed by atoms with van der Waals surface area (Å²) < 4.78 is 26.3. The van der Waals surface area contributed by atoms with Crippen molar-refractivity contribution in [3.05, 3.63) is 29.8 Å². The molecule has 0 aliphatic rings. The minimum Gasteiger partial charge on any atom is -0.399 e. The van der Waals surface area contributed by atoms with Crippen LogP contribution in [0.1, 0.15) is 31.9 Å². The van der Waals surface area contributed by atoms with E-state index in [1.807, 2.05) is 0 Å². The summed E-state index contributed by atoms with van der Waals surface area (Å²) in [5, 5.41) is 7.77. The molecule has 6 heteroatoms. The normalized spacial score (nSPS) is 14.7. The van der Waals surface area contributed by atoms with E-state index in [0.717, 1.165) is 5.56 Å². The van der Waals surface area contributed by atoms with Crippen molar-refractivity contribution in [1.29, 1.82) is 5.26 Å². The Morgan fingerprint density at radius 2 is 2.17 bits per heavy atom. The van der Waals surface area contributed by atoms with Crippen molar-refractivity contribution >= 4 is 15.7 Å². The molecule has 0 aliphatic carbocycles. The molecular formula is C12H17N3O2S. The van der Waals surface area contributed by atoms with Crippen LogP contribution in [0.5, 0.6) is 0 Å². The largest absolute Gasteiger partial charge is 0.399 e. The maximum absolute atomic E-state index is 11.9. The van der Waals surface area contributed by atoms with Crippen LogP contribution in [0.4, 0.5) is 5.69 Å². The van der Waals surface area contributed by atoms with Crippen LogP contribution >= 0.6 is 0 Å². The van der Waals surface area contributed by atoms with Crippen molar-refractivity contribution in [3.8, 4) is 6.07 Å². The molecule has 18 heavy (non-hydrogen) atoms. The van der Waals surface area contributed by atoms with Gasteiger partial charge in [0, 0.05) is 11.7 Å². The lowest BCUT2D eigenvalue weighted by Gasteiger charge is -2.17. The third kappa shape index (κ3) is 3.45. The van der Waals surface area contributed by atoms with Gasteiger partial charge in [0.25, 0.3) is 0 Å². The summed E-state index contributed by atoms with van der Waals surface area (Å²) in [4.78, 5) is 0.